The fourth-order valence-electron chi connectivity index (χ4n) is 1.96. The quantitative estimate of drug-likeness (QED) is 0.754. The smallest absolute Gasteiger partial charge is 0.295 e. The zero-order valence-corrected chi connectivity index (χ0v) is 10.2. The molecule has 1 aromatic rings. The highest BCUT2D eigenvalue weighted by atomic mass is 16.2. The Morgan fingerprint density at radius 2 is 1.95 bits per heavy atom. The van der Waals surface area contributed by atoms with Gasteiger partial charge in [-0.05, 0) is 23.8 Å². The third kappa shape index (κ3) is 2.31. The van der Waals surface area contributed by atoms with E-state index in [0.717, 1.165) is 5.56 Å². The Morgan fingerprint density at radius 1 is 1.11 bits per heavy atom. The first-order chi connectivity index (χ1) is 9.34. The largest absolute Gasteiger partial charge is 0.297 e. The van der Waals surface area contributed by atoms with E-state index in [-0.39, 0.29) is 5.91 Å². The summed E-state index contributed by atoms with van der Waals surface area (Å²) in [6.45, 7) is 0. The second kappa shape index (κ2) is 4.90. The molecule has 0 fully saturated rings. The average Bonchev–Trinajstić information content (AvgIpc) is 2.76. The van der Waals surface area contributed by atoms with Gasteiger partial charge in [0, 0.05) is 6.20 Å². The van der Waals surface area contributed by atoms with Crippen molar-refractivity contribution in [3.8, 4) is 0 Å². The van der Waals surface area contributed by atoms with Gasteiger partial charge >= 0.3 is 0 Å². The van der Waals surface area contributed by atoms with E-state index in [1.165, 1.54) is 0 Å². The Balaban J connectivity index is 1.82. The van der Waals surface area contributed by atoms with Crippen LogP contribution in [0.5, 0.6) is 0 Å². The van der Waals surface area contributed by atoms with Gasteiger partial charge in [-0.2, -0.15) is 4.99 Å². The van der Waals surface area contributed by atoms with Crippen LogP contribution >= 0.6 is 0 Å². The second-order valence-corrected chi connectivity index (χ2v) is 4.17. The van der Waals surface area contributed by atoms with Crippen molar-refractivity contribution in [3.63, 3.8) is 0 Å². The number of aliphatic imine (C=N–C) groups is 1. The number of carbonyl (C=O) groups excluding carboxylic acids is 1. The van der Waals surface area contributed by atoms with Crippen molar-refractivity contribution in [2.24, 2.45) is 4.99 Å². The lowest BCUT2D eigenvalue weighted by Crippen LogP contribution is -2.20. The third-order valence-corrected chi connectivity index (χ3v) is 2.88. The number of benzene rings is 1. The maximum Gasteiger partial charge on any atom is 0.295 e. The first-order valence-electron chi connectivity index (χ1n) is 6.05. The molecule has 2 aliphatic heterocycles. The van der Waals surface area contributed by atoms with Crippen LogP contribution in [0.2, 0.25) is 0 Å². The number of amides is 1. The molecular weight excluding hydrogens is 236 g/mol. The highest BCUT2D eigenvalue weighted by Gasteiger charge is 2.26. The van der Waals surface area contributed by atoms with Crippen molar-refractivity contribution in [1.29, 1.82) is 0 Å². The van der Waals surface area contributed by atoms with Gasteiger partial charge in [0.1, 0.15) is 11.5 Å². The lowest BCUT2D eigenvalue weighted by atomic mass is 10.2. The predicted octanol–water partition coefficient (Wildman–Crippen LogP) is 2.91. The van der Waals surface area contributed by atoms with Gasteiger partial charge in [0.15, 0.2) is 0 Å². The molecule has 0 aromatic heterocycles. The molecule has 0 atom stereocenters. The summed E-state index contributed by atoms with van der Waals surface area (Å²) in [4.78, 5) is 17.6. The first kappa shape index (κ1) is 11.4. The molecule has 3 nitrogen and oxygen atoms in total. The summed E-state index contributed by atoms with van der Waals surface area (Å²) in [7, 11) is 0. The van der Waals surface area contributed by atoms with Gasteiger partial charge < -0.3 is 0 Å². The number of hydrogen-bond donors (Lipinski definition) is 0. The van der Waals surface area contributed by atoms with Gasteiger partial charge in [0.25, 0.3) is 5.91 Å². The monoisotopic (exact) mass is 248 g/mol. The Morgan fingerprint density at radius 3 is 2.79 bits per heavy atom. The van der Waals surface area contributed by atoms with Gasteiger partial charge in [-0.25, -0.2) is 0 Å². The van der Waals surface area contributed by atoms with Crippen LogP contribution in [0.4, 0.5) is 0 Å². The fraction of sp³-hybridized carbons (Fsp3) is 0. The van der Waals surface area contributed by atoms with Crippen molar-refractivity contribution < 1.29 is 4.79 Å². The molecule has 0 N–H and O–H groups in total. The summed E-state index contributed by atoms with van der Waals surface area (Å²) in [6, 6.07) is 9.95. The maximum atomic E-state index is 11.8. The summed E-state index contributed by atoms with van der Waals surface area (Å²) >= 11 is 0. The molecule has 2 heterocycles. The molecule has 1 amide bonds. The van der Waals surface area contributed by atoms with Crippen molar-refractivity contribution in [2.45, 2.75) is 0 Å². The van der Waals surface area contributed by atoms with Crippen LogP contribution in [0.3, 0.4) is 0 Å². The van der Waals surface area contributed by atoms with E-state index < -0.39 is 0 Å². The normalized spacial score (nSPS) is 19.4. The molecule has 3 heteroatoms. The van der Waals surface area contributed by atoms with Crippen LogP contribution < -0.4 is 0 Å². The van der Waals surface area contributed by atoms with Gasteiger partial charge in [-0.15, -0.1) is 0 Å². The van der Waals surface area contributed by atoms with Crippen LogP contribution in [-0.4, -0.2) is 16.6 Å². The second-order valence-electron chi connectivity index (χ2n) is 4.17. The number of nitrogens with zero attached hydrogens (tertiary/aromatic N) is 2. The molecular formula is C16H12N2O. The lowest BCUT2D eigenvalue weighted by Gasteiger charge is -2.15. The Labute approximate surface area is 111 Å². The molecule has 19 heavy (non-hydrogen) atoms. The van der Waals surface area contributed by atoms with E-state index in [2.05, 4.69) is 4.99 Å². The molecule has 92 valence electrons. The van der Waals surface area contributed by atoms with Crippen LogP contribution in [0.1, 0.15) is 5.56 Å². The zero-order chi connectivity index (χ0) is 13.1. The Bertz CT molecular complexity index is 649. The number of carbonyl (C=O) groups is 1. The molecule has 0 saturated heterocycles. The molecule has 0 unspecified atom stereocenters. The van der Waals surface area contributed by atoms with E-state index in [0.29, 0.717) is 11.5 Å². The van der Waals surface area contributed by atoms with Crippen molar-refractivity contribution in [2.75, 3.05) is 0 Å². The van der Waals surface area contributed by atoms with Crippen LogP contribution in [-0.2, 0) is 4.79 Å². The summed E-state index contributed by atoms with van der Waals surface area (Å²) < 4.78 is 0. The molecule has 3 rings (SSSR count). The summed E-state index contributed by atoms with van der Waals surface area (Å²) in [5.74, 6) is 0.468. The van der Waals surface area contributed by atoms with Crippen LogP contribution in [0.25, 0.3) is 6.08 Å². The van der Waals surface area contributed by atoms with Crippen molar-refractivity contribution in [1.82, 2.24) is 4.90 Å². The van der Waals surface area contributed by atoms with Crippen LogP contribution in [0, 0.1) is 0 Å². The summed E-state index contributed by atoms with van der Waals surface area (Å²) in [5.41, 5.74) is 1.67. The number of rotatable bonds is 2. The minimum atomic E-state index is -0.205. The highest BCUT2D eigenvalue weighted by Crippen LogP contribution is 2.20. The Hall–Kier alpha value is -2.68. The average molecular weight is 248 g/mol. The van der Waals surface area contributed by atoms with Gasteiger partial charge in [0.05, 0.1) is 0 Å². The standard InChI is InChI=1S/C16H12N2O/c19-16-14(18-12-5-4-11-15(18)17-16)10-6-9-13-7-2-1-3-8-13/h1-12H/b9-6+,14-10+. The number of hydrogen-bond acceptors (Lipinski definition) is 2. The maximum absolute atomic E-state index is 11.8. The first-order valence-corrected chi connectivity index (χ1v) is 6.05. The number of allylic oxidation sites excluding steroid dienone is 4. The number of amidine groups is 1. The lowest BCUT2D eigenvalue weighted by molar-refractivity contribution is -0.114. The Kier molecular flexibility index (Phi) is 2.94. The van der Waals surface area contributed by atoms with Gasteiger partial charge in [0.2, 0.25) is 0 Å². The predicted molar refractivity (Wildman–Crippen MR) is 76.1 cm³/mol. The minimum Gasteiger partial charge on any atom is -0.297 e. The third-order valence-electron chi connectivity index (χ3n) is 2.88. The van der Waals surface area contributed by atoms with Crippen molar-refractivity contribution in [3.05, 3.63) is 78.2 Å². The highest BCUT2D eigenvalue weighted by molar-refractivity contribution is 6.15. The van der Waals surface area contributed by atoms with Crippen molar-refractivity contribution >= 4 is 17.8 Å². The van der Waals surface area contributed by atoms with E-state index in [1.807, 2.05) is 66.9 Å². The topological polar surface area (TPSA) is 32.7 Å². The minimum absolute atomic E-state index is 0.205. The van der Waals surface area contributed by atoms with Gasteiger partial charge in [-0.3, -0.25) is 9.69 Å². The van der Waals surface area contributed by atoms with E-state index in [9.17, 15) is 4.79 Å². The molecule has 0 radical (unpaired) electrons. The number of fused-ring (bicyclic) bond motifs is 1. The van der Waals surface area contributed by atoms with E-state index in [1.54, 1.807) is 11.0 Å². The summed E-state index contributed by atoms with van der Waals surface area (Å²) in [5, 5.41) is 0. The molecule has 0 spiro atoms. The molecule has 0 bridgehead atoms. The molecule has 1 aromatic carbocycles. The molecule has 0 saturated carbocycles. The van der Waals surface area contributed by atoms with E-state index >= 15 is 0 Å². The van der Waals surface area contributed by atoms with Gasteiger partial charge in [-0.1, -0.05) is 48.6 Å². The fourth-order valence-corrected chi connectivity index (χ4v) is 1.96. The van der Waals surface area contributed by atoms with E-state index in [4.69, 9.17) is 0 Å². The molecule has 0 aliphatic carbocycles. The van der Waals surface area contributed by atoms with Crippen LogP contribution in [0.15, 0.2) is 77.6 Å². The zero-order valence-electron chi connectivity index (χ0n) is 10.2. The SMILES string of the molecule is O=C1N=C2C=CC=CN2/C1=C/C=C/c1ccccc1. The molecule has 2 aliphatic rings. The summed E-state index contributed by atoms with van der Waals surface area (Å²) in [6.07, 6.45) is 13.0.